The summed E-state index contributed by atoms with van der Waals surface area (Å²) in [6, 6.07) is 11.9. The Labute approximate surface area is 173 Å². The van der Waals surface area contributed by atoms with E-state index in [4.69, 9.17) is 0 Å². The van der Waals surface area contributed by atoms with Crippen LogP contribution < -0.4 is 5.32 Å². The van der Waals surface area contributed by atoms with E-state index in [1.165, 1.54) is 23.1 Å². The number of carbonyl (C=O) groups excluding carboxylic acids is 1. The Kier molecular flexibility index (Phi) is 6.65. The molecule has 0 aliphatic carbocycles. The zero-order valence-corrected chi connectivity index (χ0v) is 17.8. The number of benzene rings is 1. The number of aryl methyl sites for hydroxylation is 2. The van der Waals surface area contributed by atoms with E-state index >= 15 is 0 Å². The van der Waals surface area contributed by atoms with Crippen LogP contribution in [-0.2, 0) is 11.2 Å². The van der Waals surface area contributed by atoms with Crippen LogP contribution in [0.25, 0.3) is 10.2 Å². The van der Waals surface area contributed by atoms with E-state index in [1.54, 1.807) is 6.07 Å². The van der Waals surface area contributed by atoms with E-state index in [9.17, 15) is 10.1 Å². The summed E-state index contributed by atoms with van der Waals surface area (Å²) in [5, 5.41) is 13.2. The van der Waals surface area contributed by atoms with Crippen LogP contribution in [0.5, 0.6) is 0 Å². The predicted molar refractivity (Wildman–Crippen MR) is 116 cm³/mol. The molecule has 0 radical (unpaired) electrons. The molecule has 2 aromatic heterocycles. The van der Waals surface area contributed by atoms with Crippen LogP contribution in [0.2, 0.25) is 0 Å². The van der Waals surface area contributed by atoms with Gasteiger partial charge in [-0.3, -0.25) is 4.79 Å². The van der Waals surface area contributed by atoms with E-state index in [2.05, 4.69) is 34.3 Å². The molecule has 7 heteroatoms. The molecular formula is C21H22N4OS2. The van der Waals surface area contributed by atoms with Gasteiger partial charge in [0.25, 0.3) is 0 Å². The molecule has 3 rings (SSSR count). The average Bonchev–Trinajstić information content (AvgIpc) is 3.07. The third-order valence-corrected chi connectivity index (χ3v) is 6.54. The molecule has 1 aromatic carbocycles. The molecule has 0 spiro atoms. The summed E-state index contributed by atoms with van der Waals surface area (Å²) in [4.78, 5) is 21.9. The molecule has 144 valence electrons. The lowest BCUT2D eigenvalue weighted by molar-refractivity contribution is -0.115. The number of amides is 1. The molecule has 0 aliphatic rings. The maximum absolute atomic E-state index is 12.8. The second-order valence-corrected chi connectivity index (χ2v) is 8.73. The summed E-state index contributed by atoms with van der Waals surface area (Å²) in [5.74, 6) is -0.116. The van der Waals surface area contributed by atoms with Crippen molar-refractivity contribution >= 4 is 44.4 Å². The molecule has 1 unspecified atom stereocenters. The van der Waals surface area contributed by atoms with Crippen LogP contribution in [0.4, 0.5) is 5.13 Å². The van der Waals surface area contributed by atoms with Crippen LogP contribution in [0.1, 0.15) is 43.5 Å². The minimum absolute atomic E-state index is 0.116. The monoisotopic (exact) mass is 410 g/mol. The molecule has 28 heavy (non-hydrogen) atoms. The number of nitrogens with zero attached hydrogens (tertiary/aromatic N) is 3. The van der Waals surface area contributed by atoms with Crippen molar-refractivity contribution < 1.29 is 4.79 Å². The minimum atomic E-state index is -0.342. The molecular weight excluding hydrogens is 388 g/mol. The lowest BCUT2D eigenvalue weighted by Crippen LogP contribution is -2.24. The molecule has 0 aliphatic heterocycles. The number of thioether (sulfide) groups is 1. The standard InChI is InChI=1S/C21H22N4OS2/c1-4-6-15-9-8-14(12-22)20(23-15)27-17(5-2)19(26)25-21-24-16-10-7-13(3)11-18(16)28-21/h7-11,17H,4-6H2,1-3H3,(H,24,25,26). The molecule has 1 amide bonds. The van der Waals surface area contributed by atoms with Crippen LogP contribution in [0.15, 0.2) is 35.4 Å². The first-order valence-electron chi connectivity index (χ1n) is 9.28. The number of rotatable bonds is 7. The number of thiazole rings is 1. The number of aromatic nitrogens is 2. The molecule has 1 atom stereocenters. The van der Waals surface area contributed by atoms with E-state index in [1.807, 2.05) is 32.0 Å². The van der Waals surface area contributed by atoms with E-state index in [0.717, 1.165) is 34.3 Å². The zero-order valence-electron chi connectivity index (χ0n) is 16.2. The van der Waals surface area contributed by atoms with Crippen LogP contribution in [0, 0.1) is 18.3 Å². The third-order valence-electron chi connectivity index (χ3n) is 4.24. The number of fused-ring (bicyclic) bond motifs is 1. The molecule has 1 N–H and O–H groups in total. The van der Waals surface area contributed by atoms with Gasteiger partial charge in [0.1, 0.15) is 11.1 Å². The highest BCUT2D eigenvalue weighted by Gasteiger charge is 2.22. The molecule has 5 nitrogen and oxygen atoms in total. The van der Waals surface area contributed by atoms with E-state index < -0.39 is 0 Å². The number of anilines is 1. The van der Waals surface area contributed by atoms with Gasteiger partial charge in [-0.05, 0) is 49.6 Å². The van der Waals surface area contributed by atoms with Gasteiger partial charge in [-0.25, -0.2) is 9.97 Å². The molecule has 0 fully saturated rings. The molecule has 0 saturated heterocycles. The zero-order chi connectivity index (χ0) is 20.1. The number of nitrogens with one attached hydrogen (secondary N) is 1. The quantitative estimate of drug-likeness (QED) is 0.532. The highest BCUT2D eigenvalue weighted by molar-refractivity contribution is 8.00. The largest absolute Gasteiger partial charge is 0.301 e. The van der Waals surface area contributed by atoms with Crippen molar-refractivity contribution in [2.75, 3.05) is 5.32 Å². The highest BCUT2D eigenvalue weighted by atomic mass is 32.2. The Balaban J connectivity index is 1.78. The third kappa shape index (κ3) is 4.70. The topological polar surface area (TPSA) is 78.7 Å². The van der Waals surface area contributed by atoms with Crippen molar-refractivity contribution in [3.63, 3.8) is 0 Å². The number of hydrogen-bond donors (Lipinski definition) is 1. The second kappa shape index (κ2) is 9.18. The van der Waals surface area contributed by atoms with Gasteiger partial charge < -0.3 is 5.32 Å². The van der Waals surface area contributed by atoms with Crippen molar-refractivity contribution in [2.24, 2.45) is 0 Å². The number of hydrogen-bond acceptors (Lipinski definition) is 6. The fraction of sp³-hybridized carbons (Fsp3) is 0.333. The number of pyridine rings is 1. The average molecular weight is 411 g/mol. The van der Waals surface area contributed by atoms with Gasteiger partial charge in [0.2, 0.25) is 5.91 Å². The Morgan fingerprint density at radius 2 is 2.11 bits per heavy atom. The van der Waals surface area contributed by atoms with Gasteiger partial charge in [-0.2, -0.15) is 5.26 Å². The number of nitriles is 1. The maximum atomic E-state index is 12.8. The SMILES string of the molecule is CCCc1ccc(C#N)c(SC(CC)C(=O)Nc2nc3ccc(C)cc3s2)n1. The van der Waals surface area contributed by atoms with Gasteiger partial charge in [-0.1, -0.05) is 49.4 Å². The van der Waals surface area contributed by atoms with Crippen LogP contribution >= 0.6 is 23.1 Å². The lowest BCUT2D eigenvalue weighted by atomic mass is 10.2. The van der Waals surface area contributed by atoms with Gasteiger partial charge in [0, 0.05) is 5.69 Å². The van der Waals surface area contributed by atoms with Gasteiger partial charge >= 0.3 is 0 Å². The first kappa shape index (κ1) is 20.3. The second-order valence-electron chi connectivity index (χ2n) is 6.51. The number of carbonyl (C=O) groups is 1. The fourth-order valence-corrected chi connectivity index (χ4v) is 4.76. The fourth-order valence-electron chi connectivity index (χ4n) is 2.78. The summed E-state index contributed by atoms with van der Waals surface area (Å²) in [5.41, 5.74) is 3.50. The van der Waals surface area contributed by atoms with Crippen molar-refractivity contribution in [1.29, 1.82) is 5.26 Å². The summed E-state index contributed by atoms with van der Waals surface area (Å²) >= 11 is 2.82. The van der Waals surface area contributed by atoms with Crippen LogP contribution in [-0.4, -0.2) is 21.1 Å². The van der Waals surface area contributed by atoms with Crippen LogP contribution in [0.3, 0.4) is 0 Å². The molecule has 0 bridgehead atoms. The summed E-state index contributed by atoms with van der Waals surface area (Å²) in [6.45, 7) is 6.09. The summed E-state index contributed by atoms with van der Waals surface area (Å²) in [7, 11) is 0. The van der Waals surface area contributed by atoms with Crippen molar-refractivity contribution in [3.05, 3.63) is 47.2 Å². The van der Waals surface area contributed by atoms with Gasteiger partial charge in [0.05, 0.1) is 21.0 Å². The van der Waals surface area contributed by atoms with Crippen molar-refractivity contribution in [3.8, 4) is 6.07 Å². The smallest absolute Gasteiger partial charge is 0.239 e. The van der Waals surface area contributed by atoms with Crippen molar-refractivity contribution in [1.82, 2.24) is 9.97 Å². The van der Waals surface area contributed by atoms with E-state index in [0.29, 0.717) is 22.1 Å². The molecule has 0 saturated carbocycles. The normalized spacial score (nSPS) is 11.9. The van der Waals surface area contributed by atoms with Gasteiger partial charge in [-0.15, -0.1) is 0 Å². The van der Waals surface area contributed by atoms with Gasteiger partial charge in [0.15, 0.2) is 5.13 Å². The Hall–Kier alpha value is -2.43. The Bertz CT molecular complexity index is 1040. The van der Waals surface area contributed by atoms with Crippen molar-refractivity contribution in [2.45, 2.75) is 50.3 Å². The molecule has 2 heterocycles. The summed E-state index contributed by atoms with van der Waals surface area (Å²) in [6.07, 6.45) is 2.47. The predicted octanol–water partition coefficient (Wildman–Crippen LogP) is 5.33. The highest BCUT2D eigenvalue weighted by Crippen LogP contribution is 2.30. The Morgan fingerprint density at radius 3 is 2.82 bits per heavy atom. The minimum Gasteiger partial charge on any atom is -0.301 e. The first-order valence-corrected chi connectivity index (χ1v) is 11.0. The first-order chi connectivity index (χ1) is 13.5. The Morgan fingerprint density at radius 1 is 1.29 bits per heavy atom. The maximum Gasteiger partial charge on any atom is 0.239 e. The lowest BCUT2D eigenvalue weighted by Gasteiger charge is -2.14. The summed E-state index contributed by atoms with van der Waals surface area (Å²) < 4.78 is 1.05. The van der Waals surface area contributed by atoms with E-state index in [-0.39, 0.29) is 11.2 Å². The molecule has 3 aromatic rings.